The number of sulfone groups is 1. The van der Waals surface area contributed by atoms with Gasteiger partial charge in [0.15, 0.2) is 19.8 Å². The van der Waals surface area contributed by atoms with Crippen LogP contribution in [0.15, 0.2) is 8.42 Å². The number of aromatic hydroxyl groups is 1. The summed E-state index contributed by atoms with van der Waals surface area (Å²) in [6, 6.07) is -1.73. The zero-order valence-corrected chi connectivity index (χ0v) is 15.6. The molecule has 1 aromatic rings. The number of likely N-dealkylation sites (N-methyl/N-ethyl adjacent to an activating group) is 1. The van der Waals surface area contributed by atoms with Crippen LogP contribution in [0.3, 0.4) is 0 Å². The third kappa shape index (κ3) is 3.47. The Hall–Kier alpha value is -0.880. The normalized spacial score (nSPS) is 25.0. The maximum atomic E-state index is 12.7. The number of fused-ring (bicyclic) bond motifs is 1. The Labute approximate surface area is 152 Å². The van der Waals surface area contributed by atoms with Gasteiger partial charge in [0.25, 0.3) is 16.0 Å². The van der Waals surface area contributed by atoms with E-state index < -0.39 is 69.1 Å². The molecule has 0 amide bonds. The highest BCUT2D eigenvalue weighted by atomic mass is 32.3. The lowest BCUT2D eigenvalue weighted by atomic mass is 9.94. The molecule has 15 heteroatoms. The van der Waals surface area contributed by atoms with Crippen molar-refractivity contribution >= 4 is 31.2 Å². The fourth-order valence-corrected chi connectivity index (χ4v) is 7.60. The second-order valence-electron chi connectivity index (χ2n) is 5.77. The van der Waals surface area contributed by atoms with Crippen molar-refractivity contribution in [3.63, 3.8) is 0 Å². The van der Waals surface area contributed by atoms with Crippen LogP contribution in [0.25, 0.3) is 0 Å². The number of aliphatic hydroxyl groups is 5. The van der Waals surface area contributed by atoms with E-state index in [1.807, 2.05) is 0 Å². The van der Waals surface area contributed by atoms with Crippen molar-refractivity contribution in [1.82, 2.24) is 5.32 Å². The molecular weight excluding hydrogens is 416 g/mol. The molecule has 2 atom stereocenters. The Bertz CT molecular complexity index is 913. The molecule has 0 spiro atoms. The number of nitrogens with one attached hydrogen (secondary N) is 1. The third-order valence-electron chi connectivity index (χ3n) is 3.80. The second-order valence-corrected chi connectivity index (χ2v) is 10.9. The van der Waals surface area contributed by atoms with Crippen LogP contribution in [0, 0.1) is 0 Å². The van der Waals surface area contributed by atoms with E-state index in [0.717, 1.165) is 0 Å². The highest BCUT2D eigenvalue weighted by Crippen LogP contribution is 2.52. The topological polar surface area (TPSA) is 228 Å². The van der Waals surface area contributed by atoms with E-state index in [9.17, 15) is 32.2 Å². The molecule has 0 bridgehead atoms. The third-order valence-corrected chi connectivity index (χ3v) is 9.19. The molecule has 26 heavy (non-hydrogen) atoms. The first-order valence-corrected chi connectivity index (χ1v) is 10.9. The Morgan fingerprint density at radius 2 is 1.85 bits per heavy atom. The molecule has 9 N–H and O–H groups in total. The van der Waals surface area contributed by atoms with E-state index in [-0.39, 0.29) is 17.9 Å². The number of primary sulfonamides is 1. The van der Waals surface area contributed by atoms with E-state index in [1.54, 1.807) is 0 Å². The van der Waals surface area contributed by atoms with Gasteiger partial charge in [0.2, 0.25) is 5.79 Å². The average Bonchev–Trinajstić information content (AvgIpc) is 2.78. The molecule has 2 rings (SSSR count). The van der Waals surface area contributed by atoms with E-state index in [0.29, 0.717) is 0 Å². The summed E-state index contributed by atoms with van der Waals surface area (Å²) < 4.78 is 47.0. The molecule has 2 heterocycles. The largest absolute Gasteiger partial charge is 0.505 e. The summed E-state index contributed by atoms with van der Waals surface area (Å²) in [5.41, 5.74) is -0.624. The lowest BCUT2D eigenvalue weighted by Gasteiger charge is -2.42. The lowest BCUT2D eigenvalue weighted by Crippen LogP contribution is -2.60. The van der Waals surface area contributed by atoms with Crippen molar-refractivity contribution in [2.75, 3.05) is 6.54 Å². The quantitative estimate of drug-likeness (QED) is 0.213. The summed E-state index contributed by atoms with van der Waals surface area (Å²) in [5, 5.41) is 63.4. The molecule has 0 aliphatic carbocycles. The van der Waals surface area contributed by atoms with Crippen molar-refractivity contribution < 1.29 is 47.5 Å². The molecule has 0 saturated heterocycles. The summed E-state index contributed by atoms with van der Waals surface area (Å²) in [6.45, 7) is 1.54. The van der Waals surface area contributed by atoms with Gasteiger partial charge in [-0.25, -0.2) is 22.0 Å². The molecule has 2 unspecified atom stereocenters. The summed E-state index contributed by atoms with van der Waals surface area (Å²) in [5.74, 6) is -7.86. The standard InChI is InChI=1S/C11H18N2O10S3/c1-2-13-7-5-6(14)9(26(12,22)23)24-8(5)25(20,21)4(11(7,18)19)3-10(15,16)17/h4,7,13-19H,2-3H2,1H3,(H2,12,22,23). The lowest BCUT2D eigenvalue weighted by molar-refractivity contribution is -0.324. The van der Waals surface area contributed by atoms with Crippen LogP contribution in [0.5, 0.6) is 5.75 Å². The van der Waals surface area contributed by atoms with E-state index in [2.05, 4.69) is 5.32 Å². The molecule has 1 aliphatic heterocycles. The van der Waals surface area contributed by atoms with Gasteiger partial charge in [-0.3, -0.25) is 0 Å². The van der Waals surface area contributed by atoms with Crippen LogP contribution in [-0.2, 0) is 19.9 Å². The fraction of sp³-hybridized carbons (Fsp3) is 0.636. The van der Waals surface area contributed by atoms with Crippen LogP contribution in [0.2, 0.25) is 0 Å². The Morgan fingerprint density at radius 3 is 2.27 bits per heavy atom. The fourth-order valence-electron chi connectivity index (χ4n) is 2.77. The van der Waals surface area contributed by atoms with Gasteiger partial charge >= 0.3 is 0 Å². The van der Waals surface area contributed by atoms with E-state index >= 15 is 0 Å². The van der Waals surface area contributed by atoms with Crippen molar-refractivity contribution in [3.8, 4) is 5.75 Å². The predicted molar refractivity (Wildman–Crippen MR) is 85.9 cm³/mol. The number of hydrogen-bond donors (Lipinski definition) is 8. The molecule has 0 radical (unpaired) electrons. The maximum absolute atomic E-state index is 12.7. The van der Waals surface area contributed by atoms with Crippen LogP contribution >= 0.6 is 11.3 Å². The molecular formula is C11H18N2O10S3. The maximum Gasteiger partial charge on any atom is 0.276 e. The Morgan fingerprint density at radius 1 is 1.31 bits per heavy atom. The zero-order valence-electron chi connectivity index (χ0n) is 13.2. The monoisotopic (exact) mass is 434 g/mol. The van der Waals surface area contributed by atoms with Crippen LogP contribution in [-0.4, -0.2) is 71.0 Å². The minimum absolute atomic E-state index is 0.0300. The highest BCUT2D eigenvalue weighted by Gasteiger charge is 2.60. The van der Waals surface area contributed by atoms with Crippen LogP contribution in [0.4, 0.5) is 0 Å². The number of hydrogen-bond acceptors (Lipinski definition) is 12. The van der Waals surface area contributed by atoms with Crippen molar-refractivity contribution in [2.45, 2.75) is 44.8 Å². The van der Waals surface area contributed by atoms with Gasteiger partial charge in [-0.05, 0) is 6.54 Å². The van der Waals surface area contributed by atoms with Gasteiger partial charge in [0.05, 0.1) is 12.5 Å². The van der Waals surface area contributed by atoms with E-state index in [1.165, 1.54) is 6.92 Å². The van der Waals surface area contributed by atoms with Gasteiger partial charge in [0.1, 0.15) is 9.46 Å². The van der Waals surface area contributed by atoms with Crippen molar-refractivity contribution in [3.05, 3.63) is 5.56 Å². The van der Waals surface area contributed by atoms with Crippen LogP contribution in [0.1, 0.15) is 24.9 Å². The van der Waals surface area contributed by atoms with E-state index in [4.69, 9.17) is 20.5 Å². The SMILES string of the molecule is CCNC1c2c(sc(S(N)(=O)=O)c2O)S(=O)(=O)C(CC(O)(O)O)C1(O)O. The first-order valence-electron chi connectivity index (χ1n) is 7.02. The minimum Gasteiger partial charge on any atom is -0.505 e. The Kier molecular flexibility index (Phi) is 5.22. The second kappa shape index (κ2) is 6.33. The number of rotatable bonds is 5. The summed E-state index contributed by atoms with van der Waals surface area (Å²) in [4.78, 5) is 0. The van der Waals surface area contributed by atoms with Crippen molar-refractivity contribution in [2.24, 2.45) is 5.14 Å². The molecule has 1 aromatic heterocycles. The first kappa shape index (κ1) is 21.4. The number of nitrogens with two attached hydrogens (primary N) is 1. The summed E-state index contributed by atoms with van der Waals surface area (Å²) in [6.07, 6.45) is -1.42. The highest BCUT2D eigenvalue weighted by molar-refractivity contribution is 7.95. The predicted octanol–water partition coefficient (Wildman–Crippen LogP) is -3.39. The van der Waals surface area contributed by atoms with Crippen LogP contribution < -0.4 is 10.5 Å². The summed E-state index contributed by atoms with van der Waals surface area (Å²) >= 11 is 0.0779. The minimum atomic E-state index is -4.82. The number of sulfonamides is 1. The average molecular weight is 434 g/mol. The molecule has 1 aliphatic rings. The molecule has 0 fully saturated rings. The zero-order chi connectivity index (χ0) is 20.3. The van der Waals surface area contributed by atoms with Gasteiger partial charge in [0, 0.05) is 5.56 Å². The summed E-state index contributed by atoms with van der Waals surface area (Å²) in [7, 11) is -9.36. The van der Waals surface area contributed by atoms with Gasteiger partial charge in [-0.15, -0.1) is 11.3 Å². The van der Waals surface area contributed by atoms with Gasteiger partial charge < -0.3 is 36.0 Å². The molecule has 150 valence electrons. The Balaban J connectivity index is 2.86. The van der Waals surface area contributed by atoms with Crippen molar-refractivity contribution in [1.29, 1.82) is 0 Å². The molecule has 0 saturated carbocycles. The molecule has 12 nitrogen and oxygen atoms in total. The first-order chi connectivity index (χ1) is 11.5. The smallest absolute Gasteiger partial charge is 0.276 e. The van der Waals surface area contributed by atoms with Gasteiger partial charge in [-0.2, -0.15) is 0 Å². The van der Waals surface area contributed by atoms with Gasteiger partial charge in [-0.1, -0.05) is 6.92 Å². The number of thiophene rings is 1. The molecule has 0 aromatic carbocycles.